The fraction of sp³-hybridized carbons (Fsp3) is 0.263. The molecule has 0 saturated carbocycles. The van der Waals surface area contributed by atoms with E-state index in [9.17, 15) is 9.59 Å². The van der Waals surface area contributed by atoms with Crippen LogP contribution in [0.2, 0.25) is 10.0 Å². The maximum absolute atomic E-state index is 12.4. The van der Waals surface area contributed by atoms with Gasteiger partial charge in [-0.3, -0.25) is 14.5 Å². The molecule has 0 aliphatic rings. The van der Waals surface area contributed by atoms with Gasteiger partial charge in [-0.1, -0.05) is 42.3 Å². The van der Waals surface area contributed by atoms with E-state index in [0.29, 0.717) is 29.4 Å². The molecule has 0 aliphatic heterocycles. The molecule has 1 amide bonds. The molecule has 0 radical (unpaired) electrons. The fourth-order valence-corrected chi connectivity index (χ4v) is 3.09. The number of carbonyl (C=O) groups excluding carboxylic acids is 1. The molecule has 26 heavy (non-hydrogen) atoms. The van der Waals surface area contributed by atoms with Gasteiger partial charge in [-0.2, -0.15) is 0 Å². The van der Waals surface area contributed by atoms with Crippen LogP contribution in [0, 0.1) is 0 Å². The van der Waals surface area contributed by atoms with Crippen molar-refractivity contribution < 1.29 is 14.7 Å². The second kappa shape index (κ2) is 9.57. The topological polar surface area (TPSA) is 69.6 Å². The molecule has 138 valence electrons. The zero-order valence-corrected chi connectivity index (χ0v) is 15.8. The van der Waals surface area contributed by atoms with Crippen LogP contribution in [0.15, 0.2) is 42.5 Å². The second-order valence-electron chi connectivity index (χ2n) is 5.88. The molecule has 0 aromatic heterocycles. The van der Waals surface area contributed by atoms with Gasteiger partial charge in [0.05, 0.1) is 17.1 Å². The van der Waals surface area contributed by atoms with Gasteiger partial charge in [0.25, 0.3) is 5.91 Å². The van der Waals surface area contributed by atoms with E-state index in [1.807, 2.05) is 30.0 Å². The third-order valence-corrected chi connectivity index (χ3v) is 4.21. The Balaban J connectivity index is 2.10. The van der Waals surface area contributed by atoms with E-state index in [4.69, 9.17) is 28.3 Å². The van der Waals surface area contributed by atoms with Crippen molar-refractivity contribution in [3.05, 3.63) is 63.6 Å². The average Bonchev–Trinajstić information content (AvgIpc) is 2.54. The van der Waals surface area contributed by atoms with Crippen molar-refractivity contribution in [3.8, 4) is 0 Å². The summed E-state index contributed by atoms with van der Waals surface area (Å²) in [5.41, 5.74) is 1.87. The molecule has 2 N–H and O–H groups in total. The second-order valence-corrected chi connectivity index (χ2v) is 6.73. The highest BCUT2D eigenvalue weighted by atomic mass is 35.5. The molecular weight excluding hydrogens is 375 g/mol. The highest BCUT2D eigenvalue weighted by Gasteiger charge is 2.13. The van der Waals surface area contributed by atoms with Crippen LogP contribution in [0.25, 0.3) is 0 Å². The van der Waals surface area contributed by atoms with Crippen molar-refractivity contribution in [2.75, 3.05) is 18.4 Å². The Morgan fingerprint density at radius 3 is 2.58 bits per heavy atom. The summed E-state index contributed by atoms with van der Waals surface area (Å²) >= 11 is 11.9. The largest absolute Gasteiger partial charge is 0.480 e. The molecule has 0 unspecified atom stereocenters. The van der Waals surface area contributed by atoms with Gasteiger partial charge in [-0.25, -0.2) is 0 Å². The predicted molar refractivity (Wildman–Crippen MR) is 104 cm³/mol. The number of nitrogens with one attached hydrogen (secondary N) is 1. The Morgan fingerprint density at radius 1 is 1.15 bits per heavy atom. The van der Waals surface area contributed by atoms with Crippen LogP contribution >= 0.6 is 23.2 Å². The average molecular weight is 395 g/mol. The molecule has 0 aliphatic carbocycles. The minimum atomic E-state index is -0.861. The van der Waals surface area contributed by atoms with Crippen molar-refractivity contribution >= 4 is 40.8 Å². The smallest absolute Gasteiger partial charge is 0.317 e. The molecule has 0 fully saturated rings. The van der Waals surface area contributed by atoms with E-state index in [-0.39, 0.29) is 17.5 Å². The van der Waals surface area contributed by atoms with Crippen LogP contribution in [0.4, 0.5) is 5.69 Å². The van der Waals surface area contributed by atoms with Gasteiger partial charge in [0, 0.05) is 17.3 Å². The molecule has 7 heteroatoms. The number of benzene rings is 2. The van der Waals surface area contributed by atoms with E-state index in [2.05, 4.69) is 5.32 Å². The molecule has 2 rings (SSSR count). The third-order valence-electron chi connectivity index (χ3n) is 3.67. The summed E-state index contributed by atoms with van der Waals surface area (Å²) < 4.78 is 0. The Kier molecular flexibility index (Phi) is 7.45. The van der Waals surface area contributed by atoms with E-state index >= 15 is 0 Å². The summed E-state index contributed by atoms with van der Waals surface area (Å²) in [4.78, 5) is 25.2. The highest BCUT2D eigenvalue weighted by Crippen LogP contribution is 2.22. The minimum Gasteiger partial charge on any atom is -0.480 e. The number of hydrogen-bond acceptors (Lipinski definition) is 3. The van der Waals surface area contributed by atoms with Crippen molar-refractivity contribution in [2.45, 2.75) is 19.9 Å². The third kappa shape index (κ3) is 6.02. The summed E-state index contributed by atoms with van der Waals surface area (Å²) in [6, 6.07) is 12.0. The van der Waals surface area contributed by atoms with Crippen LogP contribution in [0.3, 0.4) is 0 Å². The summed E-state index contributed by atoms with van der Waals surface area (Å²) in [7, 11) is 0. The number of carboxylic acid groups (broad SMARTS) is 1. The Hall–Kier alpha value is -2.08. The lowest BCUT2D eigenvalue weighted by Crippen LogP contribution is -2.30. The summed E-state index contributed by atoms with van der Waals surface area (Å²) in [5, 5.41) is 12.6. The number of rotatable bonds is 8. The number of carboxylic acids is 1. The van der Waals surface area contributed by atoms with Gasteiger partial charge < -0.3 is 10.4 Å². The normalized spacial score (nSPS) is 10.8. The fourth-order valence-electron chi connectivity index (χ4n) is 2.60. The molecular formula is C19H20Cl2N2O3. The van der Waals surface area contributed by atoms with Crippen LogP contribution < -0.4 is 5.32 Å². The molecule has 0 spiro atoms. The van der Waals surface area contributed by atoms with Gasteiger partial charge >= 0.3 is 5.97 Å². The number of amides is 1. The van der Waals surface area contributed by atoms with Gasteiger partial charge in [0.1, 0.15) is 0 Å². The molecule has 0 heterocycles. The van der Waals surface area contributed by atoms with E-state index < -0.39 is 5.97 Å². The quantitative estimate of drug-likeness (QED) is 0.689. The Morgan fingerprint density at radius 2 is 1.92 bits per heavy atom. The lowest BCUT2D eigenvalue weighted by Gasteiger charge is -2.19. The first-order chi connectivity index (χ1) is 12.4. The van der Waals surface area contributed by atoms with Gasteiger partial charge in [0.2, 0.25) is 0 Å². The van der Waals surface area contributed by atoms with Crippen LogP contribution in [0.1, 0.15) is 29.3 Å². The summed E-state index contributed by atoms with van der Waals surface area (Å²) in [6.45, 7) is 3.15. The maximum Gasteiger partial charge on any atom is 0.317 e. The SMILES string of the molecule is CCCN(CC(=O)O)Cc1cccc(NC(=O)c2ccc(Cl)cc2Cl)c1. The zero-order valence-electron chi connectivity index (χ0n) is 14.3. The monoisotopic (exact) mass is 394 g/mol. The zero-order chi connectivity index (χ0) is 19.1. The van der Waals surface area contributed by atoms with Gasteiger partial charge in [-0.15, -0.1) is 0 Å². The predicted octanol–water partition coefficient (Wildman–Crippen LogP) is 4.54. The Bertz CT molecular complexity index is 796. The Labute approximate surface area is 162 Å². The van der Waals surface area contributed by atoms with E-state index in [0.717, 1.165) is 12.0 Å². The number of hydrogen-bond donors (Lipinski definition) is 2. The first-order valence-corrected chi connectivity index (χ1v) is 8.94. The molecule has 2 aromatic rings. The van der Waals surface area contributed by atoms with Crippen LogP contribution in [-0.2, 0) is 11.3 Å². The number of anilines is 1. The molecule has 0 bridgehead atoms. The van der Waals surface area contributed by atoms with Gasteiger partial charge in [0.15, 0.2) is 0 Å². The number of aliphatic carboxylic acids is 1. The number of carbonyl (C=O) groups is 2. The first-order valence-electron chi connectivity index (χ1n) is 8.18. The van der Waals surface area contributed by atoms with Crippen LogP contribution in [0.5, 0.6) is 0 Å². The van der Waals surface area contributed by atoms with Gasteiger partial charge in [-0.05, 0) is 48.9 Å². The minimum absolute atomic E-state index is 0.0230. The number of nitrogens with zero attached hydrogens (tertiary/aromatic N) is 1. The molecule has 5 nitrogen and oxygen atoms in total. The van der Waals surface area contributed by atoms with Crippen molar-refractivity contribution in [1.29, 1.82) is 0 Å². The van der Waals surface area contributed by atoms with Crippen LogP contribution in [-0.4, -0.2) is 35.0 Å². The standard InChI is InChI=1S/C19H20Cl2N2O3/c1-2-8-23(12-18(24)25)11-13-4-3-5-15(9-13)22-19(26)16-7-6-14(20)10-17(16)21/h3-7,9-10H,2,8,11-12H2,1H3,(H,22,26)(H,24,25). The number of halogens is 2. The molecule has 2 aromatic carbocycles. The highest BCUT2D eigenvalue weighted by molar-refractivity contribution is 6.37. The first kappa shape index (κ1) is 20.2. The lowest BCUT2D eigenvalue weighted by atomic mass is 10.1. The molecule has 0 atom stereocenters. The van der Waals surface area contributed by atoms with E-state index in [1.54, 1.807) is 18.2 Å². The summed E-state index contributed by atoms with van der Waals surface area (Å²) in [5.74, 6) is -1.19. The summed E-state index contributed by atoms with van der Waals surface area (Å²) in [6.07, 6.45) is 0.860. The van der Waals surface area contributed by atoms with Crippen molar-refractivity contribution in [2.24, 2.45) is 0 Å². The lowest BCUT2D eigenvalue weighted by molar-refractivity contribution is -0.138. The molecule has 0 saturated heterocycles. The van der Waals surface area contributed by atoms with Crippen molar-refractivity contribution in [1.82, 2.24) is 4.90 Å². The van der Waals surface area contributed by atoms with E-state index in [1.165, 1.54) is 6.07 Å². The van der Waals surface area contributed by atoms with Crippen molar-refractivity contribution in [3.63, 3.8) is 0 Å². The maximum atomic E-state index is 12.4.